The summed E-state index contributed by atoms with van der Waals surface area (Å²) in [6.45, 7) is 0.733. The summed E-state index contributed by atoms with van der Waals surface area (Å²) in [7, 11) is 3.18. The van der Waals surface area contributed by atoms with Crippen LogP contribution in [0.15, 0.2) is 60.7 Å². The lowest BCUT2D eigenvalue weighted by Gasteiger charge is -2.15. The first-order valence-electron chi connectivity index (χ1n) is 6.85. The maximum atomic E-state index is 10.2. The summed E-state index contributed by atoms with van der Waals surface area (Å²) in [4.78, 5) is 20.1. The molecule has 22 heavy (non-hydrogen) atoms. The zero-order chi connectivity index (χ0) is 16.2. The molecule has 0 saturated carbocycles. The van der Waals surface area contributed by atoms with Gasteiger partial charge in [-0.15, -0.1) is 0 Å². The van der Waals surface area contributed by atoms with Gasteiger partial charge >= 0.3 is 5.97 Å². The van der Waals surface area contributed by atoms with Crippen LogP contribution in [0, 0.1) is 0 Å². The summed E-state index contributed by atoms with van der Waals surface area (Å²) in [5.74, 6) is -0.879. The molecule has 2 aromatic rings. The molecular weight excluding hydrogens is 282 g/mol. The number of rotatable bonds is 6. The van der Waals surface area contributed by atoms with E-state index in [0.717, 1.165) is 13.0 Å². The Kier molecular flexibility index (Phi) is 8.52. The number of benzene rings is 2. The lowest BCUT2D eigenvalue weighted by molar-refractivity contribution is -0.341. The van der Waals surface area contributed by atoms with Gasteiger partial charge in [0.2, 0.25) is 0 Å². The van der Waals surface area contributed by atoms with Gasteiger partial charge in [0.1, 0.15) is 0 Å². The largest absolute Gasteiger partial charge is 0.478 e. The Morgan fingerprint density at radius 3 is 1.86 bits per heavy atom. The van der Waals surface area contributed by atoms with Gasteiger partial charge in [-0.3, -0.25) is 9.68 Å². The highest BCUT2D eigenvalue weighted by atomic mass is 16.9. The summed E-state index contributed by atoms with van der Waals surface area (Å²) in [6, 6.07) is 18.5. The van der Waals surface area contributed by atoms with Gasteiger partial charge in [-0.2, -0.15) is 0 Å². The van der Waals surface area contributed by atoms with Crippen LogP contribution >= 0.6 is 0 Å². The fourth-order valence-electron chi connectivity index (χ4n) is 1.70. The molecule has 0 aliphatic carbocycles. The van der Waals surface area contributed by atoms with Crippen LogP contribution in [0.25, 0.3) is 0 Å². The Balaban J connectivity index is 0.000000235. The van der Waals surface area contributed by atoms with E-state index in [1.54, 1.807) is 44.6 Å². The third-order valence-electron chi connectivity index (χ3n) is 2.85. The minimum absolute atomic E-state index is 0.331. The molecule has 0 heterocycles. The van der Waals surface area contributed by atoms with E-state index in [1.165, 1.54) is 10.8 Å². The maximum absolute atomic E-state index is 10.2. The molecule has 0 atom stereocenters. The molecule has 5 heteroatoms. The summed E-state index contributed by atoms with van der Waals surface area (Å²) < 4.78 is 0. The van der Waals surface area contributed by atoms with E-state index in [2.05, 4.69) is 12.1 Å². The summed E-state index contributed by atoms with van der Waals surface area (Å²) in [5.41, 5.74) is 1.61. The molecule has 0 spiro atoms. The number of hydroxylamine groups is 2. The van der Waals surface area contributed by atoms with Gasteiger partial charge in [0.05, 0.1) is 26.3 Å². The van der Waals surface area contributed by atoms with Gasteiger partial charge < -0.3 is 5.11 Å². The van der Waals surface area contributed by atoms with Crippen LogP contribution in [0.4, 0.5) is 0 Å². The fraction of sp³-hybridized carbons (Fsp3) is 0.235. The Bertz CT molecular complexity index is 527. The third kappa shape index (κ3) is 6.99. The van der Waals surface area contributed by atoms with Crippen molar-refractivity contribution >= 4 is 5.97 Å². The lowest BCUT2D eigenvalue weighted by Crippen LogP contribution is -2.23. The van der Waals surface area contributed by atoms with Gasteiger partial charge in [0.25, 0.3) is 0 Å². The average molecular weight is 303 g/mol. The molecule has 2 aromatic carbocycles. The molecule has 0 bridgehead atoms. The Hall–Kier alpha value is -2.21. The van der Waals surface area contributed by atoms with Gasteiger partial charge in [-0.05, 0) is 24.1 Å². The summed E-state index contributed by atoms with van der Waals surface area (Å²) >= 11 is 0. The molecule has 2 rings (SSSR count). The van der Waals surface area contributed by atoms with Crippen LogP contribution in [-0.4, -0.2) is 37.1 Å². The standard InChI is InChI=1S/C10H15NO2.C7H6O2/c1-12-11(13-2)9-8-10-6-4-3-5-7-10;8-7(9)6-4-2-1-3-5-6/h3-7H,8-9H2,1-2H3;1-5H,(H,8,9). The molecule has 0 radical (unpaired) electrons. The number of carboxylic acid groups (broad SMARTS) is 1. The maximum Gasteiger partial charge on any atom is 0.335 e. The predicted octanol–water partition coefficient (Wildman–Crippen LogP) is 3.04. The number of carbonyl (C=O) groups is 1. The molecule has 0 aliphatic heterocycles. The van der Waals surface area contributed by atoms with E-state index in [1.807, 2.05) is 18.2 Å². The van der Waals surface area contributed by atoms with E-state index in [9.17, 15) is 4.79 Å². The van der Waals surface area contributed by atoms with Crippen molar-refractivity contribution in [1.29, 1.82) is 0 Å². The lowest BCUT2D eigenvalue weighted by atomic mass is 10.2. The van der Waals surface area contributed by atoms with Crippen molar-refractivity contribution in [3.8, 4) is 0 Å². The number of carboxylic acids is 1. The number of hydrogen-bond donors (Lipinski definition) is 1. The van der Waals surface area contributed by atoms with Crippen molar-refractivity contribution in [2.45, 2.75) is 6.42 Å². The van der Waals surface area contributed by atoms with Crippen LogP contribution in [0.2, 0.25) is 0 Å². The third-order valence-corrected chi connectivity index (χ3v) is 2.85. The first kappa shape index (κ1) is 17.8. The molecule has 0 amide bonds. The minimum atomic E-state index is -0.879. The molecular formula is C17H21NO4. The monoisotopic (exact) mass is 303 g/mol. The topological polar surface area (TPSA) is 59.0 Å². The quantitative estimate of drug-likeness (QED) is 0.831. The van der Waals surface area contributed by atoms with Gasteiger partial charge in [0.15, 0.2) is 0 Å². The van der Waals surface area contributed by atoms with Crippen molar-refractivity contribution in [2.24, 2.45) is 0 Å². The van der Waals surface area contributed by atoms with Crippen LogP contribution in [-0.2, 0) is 16.1 Å². The van der Waals surface area contributed by atoms with Gasteiger partial charge in [-0.1, -0.05) is 53.8 Å². The van der Waals surface area contributed by atoms with Crippen molar-refractivity contribution in [3.63, 3.8) is 0 Å². The molecule has 0 saturated heterocycles. The summed E-state index contributed by atoms with van der Waals surface area (Å²) in [5, 5.41) is 9.84. The van der Waals surface area contributed by atoms with E-state index >= 15 is 0 Å². The molecule has 1 N–H and O–H groups in total. The zero-order valence-corrected chi connectivity index (χ0v) is 12.8. The second-order valence-electron chi connectivity index (χ2n) is 4.33. The minimum Gasteiger partial charge on any atom is -0.478 e. The van der Waals surface area contributed by atoms with E-state index in [-0.39, 0.29) is 0 Å². The average Bonchev–Trinajstić information content (AvgIpc) is 2.58. The highest BCUT2D eigenvalue weighted by Gasteiger charge is 2.00. The fourth-order valence-corrected chi connectivity index (χ4v) is 1.70. The molecule has 0 aliphatic rings. The van der Waals surface area contributed by atoms with E-state index in [4.69, 9.17) is 14.8 Å². The van der Waals surface area contributed by atoms with Crippen molar-refractivity contribution in [3.05, 3.63) is 71.8 Å². The van der Waals surface area contributed by atoms with Gasteiger partial charge in [0, 0.05) is 0 Å². The van der Waals surface area contributed by atoms with E-state index < -0.39 is 5.97 Å². The van der Waals surface area contributed by atoms with E-state index in [0.29, 0.717) is 5.56 Å². The molecule has 5 nitrogen and oxygen atoms in total. The van der Waals surface area contributed by atoms with Crippen molar-refractivity contribution < 1.29 is 19.6 Å². The molecule has 118 valence electrons. The number of aromatic carboxylic acids is 1. The second-order valence-corrected chi connectivity index (χ2v) is 4.33. The summed E-state index contributed by atoms with van der Waals surface area (Å²) in [6.07, 6.45) is 0.919. The Morgan fingerprint density at radius 2 is 1.45 bits per heavy atom. The van der Waals surface area contributed by atoms with Crippen LogP contribution < -0.4 is 0 Å². The first-order chi connectivity index (χ1) is 10.7. The zero-order valence-electron chi connectivity index (χ0n) is 12.8. The van der Waals surface area contributed by atoms with Crippen LogP contribution in [0.3, 0.4) is 0 Å². The Labute approximate surface area is 130 Å². The first-order valence-corrected chi connectivity index (χ1v) is 6.85. The molecule has 0 fully saturated rings. The SMILES string of the molecule is CON(CCc1ccccc1)OC.O=C(O)c1ccccc1. The van der Waals surface area contributed by atoms with Gasteiger partial charge in [-0.25, -0.2) is 4.79 Å². The predicted molar refractivity (Wildman–Crippen MR) is 84.3 cm³/mol. The number of hydrogen-bond acceptors (Lipinski definition) is 4. The smallest absolute Gasteiger partial charge is 0.335 e. The number of nitrogens with zero attached hydrogens (tertiary/aromatic N) is 1. The molecule has 0 unspecified atom stereocenters. The highest BCUT2D eigenvalue weighted by molar-refractivity contribution is 5.87. The van der Waals surface area contributed by atoms with Crippen molar-refractivity contribution in [2.75, 3.05) is 20.8 Å². The van der Waals surface area contributed by atoms with Crippen molar-refractivity contribution in [1.82, 2.24) is 5.23 Å². The molecule has 0 aromatic heterocycles. The second kappa shape index (κ2) is 10.5. The van der Waals surface area contributed by atoms with Crippen LogP contribution in [0.1, 0.15) is 15.9 Å². The van der Waals surface area contributed by atoms with Crippen LogP contribution in [0.5, 0.6) is 0 Å². The Morgan fingerprint density at radius 1 is 0.955 bits per heavy atom. The normalized spacial score (nSPS) is 9.95. The highest BCUT2D eigenvalue weighted by Crippen LogP contribution is 2.01.